The molecule has 110 valence electrons. The van der Waals surface area contributed by atoms with E-state index in [4.69, 9.17) is 18.0 Å². The third kappa shape index (κ3) is 5.52. The standard InChI is InChI=1S/C14H20FN3OS/c1-17(12-5-3-11(15)4-6-12)10-8-14(19)18(2)9-7-13(16)20/h3-6H,7-10H2,1-2H3,(H2,16,20). The summed E-state index contributed by atoms with van der Waals surface area (Å²) in [4.78, 5) is 15.8. The van der Waals surface area contributed by atoms with Crippen LogP contribution in [-0.4, -0.2) is 43.0 Å². The average molecular weight is 297 g/mol. The molecule has 0 aromatic heterocycles. The van der Waals surface area contributed by atoms with Crippen molar-refractivity contribution in [1.29, 1.82) is 0 Å². The summed E-state index contributed by atoms with van der Waals surface area (Å²) in [5, 5.41) is 0. The molecule has 0 unspecified atom stereocenters. The average Bonchev–Trinajstić information content (AvgIpc) is 2.42. The molecule has 0 fully saturated rings. The Kier molecular flexibility index (Phi) is 6.38. The highest BCUT2D eigenvalue weighted by Crippen LogP contribution is 2.13. The van der Waals surface area contributed by atoms with Crippen LogP contribution in [0.5, 0.6) is 0 Å². The number of benzene rings is 1. The van der Waals surface area contributed by atoms with E-state index in [-0.39, 0.29) is 11.7 Å². The van der Waals surface area contributed by atoms with Crippen LogP contribution in [0.25, 0.3) is 0 Å². The Balaban J connectivity index is 2.40. The fourth-order valence-electron chi connectivity index (χ4n) is 1.68. The first-order valence-corrected chi connectivity index (χ1v) is 6.80. The number of carbonyl (C=O) groups is 1. The van der Waals surface area contributed by atoms with Gasteiger partial charge in [0.2, 0.25) is 5.91 Å². The van der Waals surface area contributed by atoms with Crippen molar-refractivity contribution < 1.29 is 9.18 Å². The molecule has 0 aliphatic heterocycles. The van der Waals surface area contributed by atoms with Gasteiger partial charge in [0.1, 0.15) is 5.82 Å². The Bertz CT molecular complexity index is 464. The van der Waals surface area contributed by atoms with Gasteiger partial charge in [-0.1, -0.05) is 12.2 Å². The topological polar surface area (TPSA) is 49.6 Å². The minimum Gasteiger partial charge on any atom is -0.393 e. The molecule has 1 amide bonds. The fraction of sp³-hybridized carbons (Fsp3) is 0.429. The Morgan fingerprint density at radius 1 is 1.20 bits per heavy atom. The SMILES string of the molecule is CN(CCC(N)=S)C(=O)CCN(C)c1ccc(F)cc1. The molecule has 0 spiro atoms. The summed E-state index contributed by atoms with van der Waals surface area (Å²) < 4.78 is 12.8. The lowest BCUT2D eigenvalue weighted by Crippen LogP contribution is -2.32. The summed E-state index contributed by atoms with van der Waals surface area (Å²) in [6, 6.07) is 6.19. The number of hydrogen-bond donors (Lipinski definition) is 1. The summed E-state index contributed by atoms with van der Waals surface area (Å²) in [5.74, 6) is -0.231. The highest BCUT2D eigenvalue weighted by Gasteiger charge is 2.10. The number of thiocarbonyl (C=S) groups is 1. The molecule has 0 atom stereocenters. The van der Waals surface area contributed by atoms with E-state index in [0.717, 1.165) is 5.69 Å². The second-order valence-corrected chi connectivity index (χ2v) is 5.20. The van der Waals surface area contributed by atoms with Gasteiger partial charge in [-0.25, -0.2) is 4.39 Å². The zero-order valence-electron chi connectivity index (χ0n) is 11.8. The minimum atomic E-state index is -0.268. The van der Waals surface area contributed by atoms with Crippen LogP contribution >= 0.6 is 12.2 Å². The third-order valence-electron chi connectivity index (χ3n) is 3.05. The first kappa shape index (κ1) is 16.4. The Hall–Kier alpha value is -1.69. The van der Waals surface area contributed by atoms with E-state index < -0.39 is 0 Å². The smallest absolute Gasteiger partial charge is 0.224 e. The first-order chi connectivity index (χ1) is 9.40. The van der Waals surface area contributed by atoms with Crippen LogP contribution in [0.1, 0.15) is 12.8 Å². The number of rotatable bonds is 7. The van der Waals surface area contributed by atoms with E-state index in [1.54, 1.807) is 24.1 Å². The number of amides is 1. The normalized spacial score (nSPS) is 10.2. The molecule has 0 radical (unpaired) electrons. The van der Waals surface area contributed by atoms with Gasteiger partial charge < -0.3 is 15.5 Å². The molecule has 0 saturated heterocycles. The largest absolute Gasteiger partial charge is 0.393 e. The Morgan fingerprint density at radius 2 is 1.80 bits per heavy atom. The van der Waals surface area contributed by atoms with Crippen LogP contribution in [0.15, 0.2) is 24.3 Å². The molecule has 0 bridgehead atoms. The van der Waals surface area contributed by atoms with Crippen LogP contribution in [0, 0.1) is 5.82 Å². The van der Waals surface area contributed by atoms with Gasteiger partial charge in [-0.05, 0) is 24.3 Å². The fourth-order valence-corrected chi connectivity index (χ4v) is 1.77. The summed E-state index contributed by atoms with van der Waals surface area (Å²) in [6.45, 7) is 1.11. The van der Waals surface area contributed by atoms with Crippen molar-refractivity contribution in [2.45, 2.75) is 12.8 Å². The van der Waals surface area contributed by atoms with Gasteiger partial charge >= 0.3 is 0 Å². The lowest BCUT2D eigenvalue weighted by atomic mass is 10.2. The second kappa shape index (κ2) is 7.79. The lowest BCUT2D eigenvalue weighted by molar-refractivity contribution is -0.129. The van der Waals surface area contributed by atoms with E-state index in [1.165, 1.54) is 12.1 Å². The Labute approximate surface area is 124 Å². The predicted octanol–water partition coefficient (Wildman–Crippen LogP) is 1.79. The summed E-state index contributed by atoms with van der Waals surface area (Å²) >= 11 is 4.78. The number of hydrogen-bond acceptors (Lipinski definition) is 3. The minimum absolute atomic E-state index is 0.0372. The number of anilines is 1. The van der Waals surface area contributed by atoms with Crippen LogP contribution in [0.3, 0.4) is 0 Å². The van der Waals surface area contributed by atoms with Crippen molar-refractivity contribution in [2.75, 3.05) is 32.1 Å². The van der Waals surface area contributed by atoms with E-state index in [0.29, 0.717) is 30.9 Å². The van der Waals surface area contributed by atoms with Gasteiger partial charge in [-0.3, -0.25) is 4.79 Å². The molecular formula is C14H20FN3OS. The summed E-state index contributed by atoms with van der Waals surface area (Å²) in [7, 11) is 3.61. The number of halogens is 1. The molecule has 4 nitrogen and oxygen atoms in total. The van der Waals surface area contributed by atoms with Crippen molar-refractivity contribution in [2.24, 2.45) is 5.73 Å². The molecule has 1 aromatic rings. The maximum absolute atomic E-state index is 12.8. The summed E-state index contributed by atoms with van der Waals surface area (Å²) in [6.07, 6.45) is 0.924. The van der Waals surface area contributed by atoms with Crippen molar-refractivity contribution in [1.82, 2.24) is 4.90 Å². The predicted molar refractivity (Wildman–Crippen MR) is 83.3 cm³/mol. The zero-order chi connectivity index (χ0) is 15.1. The van der Waals surface area contributed by atoms with Crippen molar-refractivity contribution in [3.63, 3.8) is 0 Å². The molecule has 0 heterocycles. The number of nitrogens with zero attached hydrogens (tertiary/aromatic N) is 2. The Morgan fingerprint density at radius 3 is 2.35 bits per heavy atom. The summed E-state index contributed by atoms with van der Waals surface area (Å²) in [5.41, 5.74) is 6.29. The number of carbonyl (C=O) groups excluding carboxylic acids is 1. The van der Waals surface area contributed by atoms with E-state index in [9.17, 15) is 9.18 Å². The van der Waals surface area contributed by atoms with Gasteiger partial charge in [-0.2, -0.15) is 0 Å². The lowest BCUT2D eigenvalue weighted by Gasteiger charge is -2.21. The van der Waals surface area contributed by atoms with E-state index >= 15 is 0 Å². The van der Waals surface area contributed by atoms with Crippen molar-refractivity contribution in [3.8, 4) is 0 Å². The van der Waals surface area contributed by atoms with Crippen LogP contribution in [0.2, 0.25) is 0 Å². The van der Waals surface area contributed by atoms with Gasteiger partial charge in [0.25, 0.3) is 0 Å². The van der Waals surface area contributed by atoms with Gasteiger partial charge in [0, 0.05) is 45.7 Å². The molecule has 6 heteroatoms. The van der Waals surface area contributed by atoms with Crippen LogP contribution in [0.4, 0.5) is 10.1 Å². The molecule has 20 heavy (non-hydrogen) atoms. The molecule has 2 N–H and O–H groups in total. The monoisotopic (exact) mass is 297 g/mol. The van der Waals surface area contributed by atoms with Crippen LogP contribution in [-0.2, 0) is 4.79 Å². The first-order valence-electron chi connectivity index (χ1n) is 6.39. The van der Waals surface area contributed by atoms with Crippen molar-refractivity contribution in [3.05, 3.63) is 30.1 Å². The van der Waals surface area contributed by atoms with E-state index in [2.05, 4.69) is 0 Å². The molecule has 0 saturated carbocycles. The van der Waals surface area contributed by atoms with Gasteiger partial charge in [0.15, 0.2) is 0 Å². The molecule has 1 rings (SSSR count). The van der Waals surface area contributed by atoms with E-state index in [1.807, 2.05) is 11.9 Å². The highest BCUT2D eigenvalue weighted by molar-refractivity contribution is 7.80. The third-order valence-corrected chi connectivity index (χ3v) is 3.25. The highest BCUT2D eigenvalue weighted by atomic mass is 32.1. The maximum atomic E-state index is 12.8. The molecule has 1 aromatic carbocycles. The molecule has 0 aliphatic carbocycles. The maximum Gasteiger partial charge on any atom is 0.224 e. The van der Waals surface area contributed by atoms with Crippen molar-refractivity contribution >= 4 is 28.8 Å². The zero-order valence-corrected chi connectivity index (χ0v) is 12.6. The molecular weight excluding hydrogens is 277 g/mol. The van der Waals surface area contributed by atoms with Crippen LogP contribution < -0.4 is 10.6 Å². The van der Waals surface area contributed by atoms with Gasteiger partial charge in [0.05, 0.1) is 4.99 Å². The molecule has 0 aliphatic rings. The van der Waals surface area contributed by atoms with Gasteiger partial charge in [-0.15, -0.1) is 0 Å². The quantitative estimate of drug-likeness (QED) is 0.780. The second-order valence-electron chi connectivity index (χ2n) is 4.68. The number of nitrogens with two attached hydrogens (primary N) is 1.